The molecule has 0 fully saturated rings. The first kappa shape index (κ1) is 20.9. The maximum Gasteiger partial charge on any atom is 0.335 e. The van der Waals surface area contributed by atoms with Crippen LogP contribution >= 0.6 is 30.2 Å². The van der Waals surface area contributed by atoms with Gasteiger partial charge in [0.2, 0.25) is 0 Å². The monoisotopic (exact) mass is 488 g/mol. The fraction of sp³-hybridized carbons (Fsp3) is 0.278. The van der Waals surface area contributed by atoms with Crippen molar-refractivity contribution < 1.29 is 18.4 Å². The molecule has 0 radical (unpaired) electrons. The van der Waals surface area contributed by atoms with Crippen LogP contribution in [0.4, 0.5) is 16.2 Å². The third-order valence-electron chi connectivity index (χ3n) is 3.32. The topological polar surface area (TPSA) is 76.7 Å². The number of carbonyl (C=O) groups excluding carboxylic acids is 1. The fourth-order valence-electron chi connectivity index (χ4n) is 2.30. The number of rotatable bonds is 8. The molecule has 2 N–H and O–H groups in total. The standard InChI is InChI=1S/C18H22IN2O4P/c1-3-24-26(23,25-4-2)13-14-8-10-16(11-9-14)20-18(22)21-17-7-5-6-15(19)12-17/h5-12H,3-4,13H2,1-2H3,(H2,20,21,22). The van der Waals surface area contributed by atoms with Gasteiger partial charge in [0.1, 0.15) is 0 Å². The van der Waals surface area contributed by atoms with Crippen LogP contribution in [0.5, 0.6) is 0 Å². The van der Waals surface area contributed by atoms with Crippen LogP contribution in [0, 0.1) is 3.57 Å². The van der Waals surface area contributed by atoms with Crippen molar-refractivity contribution >= 4 is 47.6 Å². The molecule has 0 spiro atoms. The van der Waals surface area contributed by atoms with Crippen molar-refractivity contribution in [2.45, 2.75) is 20.0 Å². The van der Waals surface area contributed by atoms with Crippen molar-refractivity contribution in [1.82, 2.24) is 0 Å². The molecule has 2 aromatic carbocycles. The number of carbonyl (C=O) groups is 1. The molecule has 8 heteroatoms. The van der Waals surface area contributed by atoms with Gasteiger partial charge in [0, 0.05) is 14.9 Å². The number of hydrogen-bond donors (Lipinski definition) is 2. The average molecular weight is 488 g/mol. The molecule has 0 saturated carbocycles. The molecule has 2 aromatic rings. The van der Waals surface area contributed by atoms with Gasteiger partial charge in [-0.3, -0.25) is 4.57 Å². The van der Waals surface area contributed by atoms with Crippen LogP contribution in [0.25, 0.3) is 0 Å². The molecular formula is C18H22IN2O4P. The highest BCUT2D eigenvalue weighted by Crippen LogP contribution is 2.51. The molecule has 0 aliphatic rings. The lowest BCUT2D eigenvalue weighted by Crippen LogP contribution is -2.19. The first-order valence-electron chi connectivity index (χ1n) is 8.24. The average Bonchev–Trinajstić information content (AvgIpc) is 2.57. The third kappa shape index (κ3) is 6.72. The molecule has 0 unspecified atom stereocenters. The summed E-state index contributed by atoms with van der Waals surface area (Å²) in [5, 5.41) is 5.54. The van der Waals surface area contributed by atoms with Gasteiger partial charge < -0.3 is 19.7 Å². The Balaban J connectivity index is 1.96. The lowest BCUT2D eigenvalue weighted by Gasteiger charge is -2.17. The summed E-state index contributed by atoms with van der Waals surface area (Å²) in [6.07, 6.45) is 0.198. The van der Waals surface area contributed by atoms with Crippen molar-refractivity contribution in [1.29, 1.82) is 0 Å². The van der Waals surface area contributed by atoms with Gasteiger partial charge in [-0.05, 0) is 72.3 Å². The van der Waals surface area contributed by atoms with E-state index in [2.05, 4.69) is 33.2 Å². The number of nitrogens with one attached hydrogen (secondary N) is 2. The zero-order valence-electron chi connectivity index (χ0n) is 14.7. The Hall–Kier alpha value is -1.41. The van der Waals surface area contributed by atoms with Gasteiger partial charge in [-0.2, -0.15) is 0 Å². The lowest BCUT2D eigenvalue weighted by molar-refractivity contribution is 0.219. The van der Waals surface area contributed by atoms with Crippen LogP contribution in [-0.4, -0.2) is 19.2 Å². The van der Waals surface area contributed by atoms with E-state index < -0.39 is 7.60 Å². The Morgan fingerprint density at radius 2 is 1.62 bits per heavy atom. The number of urea groups is 1. The minimum atomic E-state index is -3.13. The molecule has 0 bridgehead atoms. The molecular weight excluding hydrogens is 466 g/mol. The molecule has 0 atom stereocenters. The summed E-state index contributed by atoms with van der Waals surface area (Å²) in [5.41, 5.74) is 2.18. The van der Waals surface area contributed by atoms with E-state index in [1.807, 2.05) is 24.3 Å². The maximum atomic E-state index is 12.6. The van der Waals surface area contributed by atoms with Crippen LogP contribution in [0.1, 0.15) is 19.4 Å². The molecule has 0 heterocycles. The van der Waals surface area contributed by atoms with E-state index in [0.717, 1.165) is 14.8 Å². The normalized spacial score (nSPS) is 11.2. The molecule has 0 aliphatic carbocycles. The number of anilines is 2. The molecule has 0 aliphatic heterocycles. The summed E-state index contributed by atoms with van der Waals surface area (Å²) >= 11 is 2.19. The quantitative estimate of drug-likeness (QED) is 0.369. The van der Waals surface area contributed by atoms with Gasteiger partial charge in [0.25, 0.3) is 0 Å². The number of hydrogen-bond acceptors (Lipinski definition) is 4. The van der Waals surface area contributed by atoms with E-state index >= 15 is 0 Å². The Kier molecular flexibility index (Phi) is 8.09. The lowest BCUT2D eigenvalue weighted by atomic mass is 10.2. The van der Waals surface area contributed by atoms with Crippen LogP contribution in [0.2, 0.25) is 0 Å². The van der Waals surface area contributed by atoms with Crippen molar-refractivity contribution in [3.05, 3.63) is 57.7 Å². The largest absolute Gasteiger partial charge is 0.335 e. The summed E-state index contributed by atoms with van der Waals surface area (Å²) in [4.78, 5) is 12.1. The van der Waals surface area contributed by atoms with E-state index in [9.17, 15) is 9.36 Å². The minimum Gasteiger partial charge on any atom is -0.309 e. The SMILES string of the molecule is CCOP(=O)(Cc1ccc(NC(=O)Nc2cccc(I)c2)cc1)OCC. The predicted octanol–water partition coefficient (Wildman–Crippen LogP) is 5.70. The highest BCUT2D eigenvalue weighted by atomic mass is 127. The summed E-state index contributed by atoms with van der Waals surface area (Å²) in [7, 11) is -3.13. The number of benzene rings is 2. The second-order valence-corrected chi connectivity index (χ2v) is 8.69. The fourth-order valence-corrected chi connectivity index (χ4v) is 4.54. The Labute approximate surface area is 167 Å². The minimum absolute atomic E-state index is 0.198. The molecule has 140 valence electrons. The summed E-state index contributed by atoms with van der Waals surface area (Å²) in [6.45, 7) is 4.22. The molecule has 26 heavy (non-hydrogen) atoms. The van der Waals surface area contributed by atoms with E-state index in [1.54, 1.807) is 38.1 Å². The second-order valence-electron chi connectivity index (χ2n) is 5.39. The summed E-state index contributed by atoms with van der Waals surface area (Å²) in [5.74, 6) is 0. The zero-order chi connectivity index (χ0) is 19.0. The van der Waals surface area contributed by atoms with Crippen molar-refractivity contribution in [2.24, 2.45) is 0 Å². The van der Waals surface area contributed by atoms with Crippen molar-refractivity contribution in [3.8, 4) is 0 Å². The molecule has 0 aromatic heterocycles. The van der Waals surface area contributed by atoms with Crippen LogP contribution in [-0.2, 0) is 19.8 Å². The van der Waals surface area contributed by atoms with Gasteiger partial charge in [-0.1, -0.05) is 18.2 Å². The Morgan fingerprint density at radius 1 is 1.00 bits per heavy atom. The second kappa shape index (κ2) is 10.1. The Morgan fingerprint density at radius 3 is 2.19 bits per heavy atom. The van der Waals surface area contributed by atoms with E-state index in [4.69, 9.17) is 9.05 Å². The molecule has 2 amide bonds. The van der Waals surface area contributed by atoms with Gasteiger partial charge in [0.05, 0.1) is 19.4 Å². The van der Waals surface area contributed by atoms with Crippen LogP contribution < -0.4 is 10.6 Å². The molecule has 0 saturated heterocycles. The number of halogens is 1. The summed E-state index contributed by atoms with van der Waals surface area (Å²) in [6, 6.07) is 14.3. The van der Waals surface area contributed by atoms with E-state index in [0.29, 0.717) is 18.9 Å². The van der Waals surface area contributed by atoms with Gasteiger partial charge in [-0.25, -0.2) is 4.79 Å². The summed E-state index contributed by atoms with van der Waals surface area (Å²) < 4.78 is 24.2. The van der Waals surface area contributed by atoms with Crippen LogP contribution in [0.3, 0.4) is 0 Å². The molecule has 2 rings (SSSR count). The maximum absolute atomic E-state index is 12.6. The Bertz CT molecular complexity index is 773. The van der Waals surface area contributed by atoms with Gasteiger partial charge in [-0.15, -0.1) is 0 Å². The van der Waals surface area contributed by atoms with Crippen molar-refractivity contribution in [3.63, 3.8) is 0 Å². The van der Waals surface area contributed by atoms with Crippen LogP contribution in [0.15, 0.2) is 48.5 Å². The van der Waals surface area contributed by atoms with E-state index in [-0.39, 0.29) is 12.2 Å². The zero-order valence-corrected chi connectivity index (χ0v) is 17.8. The smallest absolute Gasteiger partial charge is 0.309 e. The van der Waals surface area contributed by atoms with Gasteiger partial charge >= 0.3 is 13.6 Å². The highest BCUT2D eigenvalue weighted by Gasteiger charge is 2.23. The highest BCUT2D eigenvalue weighted by molar-refractivity contribution is 14.1. The third-order valence-corrected chi connectivity index (χ3v) is 6.05. The van der Waals surface area contributed by atoms with Crippen molar-refractivity contribution in [2.75, 3.05) is 23.8 Å². The predicted molar refractivity (Wildman–Crippen MR) is 113 cm³/mol. The van der Waals surface area contributed by atoms with Gasteiger partial charge in [0.15, 0.2) is 0 Å². The first-order valence-corrected chi connectivity index (χ1v) is 11.1. The van der Waals surface area contributed by atoms with E-state index in [1.165, 1.54) is 0 Å². The molecule has 6 nitrogen and oxygen atoms in total. The first-order chi connectivity index (χ1) is 12.4. The number of amides is 2.